The van der Waals surface area contributed by atoms with Crippen LogP contribution >= 0.6 is 0 Å². The summed E-state index contributed by atoms with van der Waals surface area (Å²) >= 11 is 0. The number of likely N-dealkylation sites (tertiary alicyclic amines) is 1. The van der Waals surface area contributed by atoms with E-state index >= 15 is 0 Å². The summed E-state index contributed by atoms with van der Waals surface area (Å²) < 4.78 is 1.24. The predicted octanol–water partition coefficient (Wildman–Crippen LogP) is 2.11. The van der Waals surface area contributed by atoms with Crippen molar-refractivity contribution in [3.63, 3.8) is 0 Å². The SMILES string of the molecule is CN(C)c1cnn(CC(=O)N2CCC[C@H](c3ccccc3)CC2)c(=O)c1. The lowest BCUT2D eigenvalue weighted by atomic mass is 9.92. The molecule has 26 heavy (non-hydrogen) atoms. The first-order valence-electron chi connectivity index (χ1n) is 9.12. The molecule has 2 heterocycles. The number of anilines is 1. The zero-order valence-corrected chi connectivity index (χ0v) is 15.5. The molecule has 3 rings (SSSR count). The fourth-order valence-corrected chi connectivity index (χ4v) is 3.42. The van der Waals surface area contributed by atoms with Crippen molar-refractivity contribution in [2.75, 3.05) is 32.1 Å². The molecule has 6 nitrogen and oxygen atoms in total. The van der Waals surface area contributed by atoms with Gasteiger partial charge in [0.15, 0.2) is 0 Å². The third-order valence-electron chi connectivity index (χ3n) is 5.01. The molecule has 0 bridgehead atoms. The van der Waals surface area contributed by atoms with Crippen LogP contribution in [-0.4, -0.2) is 47.8 Å². The summed E-state index contributed by atoms with van der Waals surface area (Å²) in [5.41, 5.74) is 1.83. The van der Waals surface area contributed by atoms with Crippen LogP contribution in [-0.2, 0) is 11.3 Å². The Morgan fingerprint density at radius 3 is 2.65 bits per heavy atom. The molecule has 1 aliphatic heterocycles. The molecule has 0 saturated carbocycles. The average molecular weight is 354 g/mol. The van der Waals surface area contributed by atoms with Crippen molar-refractivity contribution >= 4 is 11.6 Å². The normalized spacial score (nSPS) is 17.6. The van der Waals surface area contributed by atoms with Gasteiger partial charge in [0, 0.05) is 33.3 Å². The lowest BCUT2D eigenvalue weighted by Gasteiger charge is -2.21. The zero-order valence-electron chi connectivity index (χ0n) is 15.5. The molecule has 138 valence electrons. The highest BCUT2D eigenvalue weighted by atomic mass is 16.2. The number of carbonyl (C=O) groups is 1. The maximum Gasteiger partial charge on any atom is 0.269 e. The maximum atomic E-state index is 12.7. The van der Waals surface area contributed by atoms with Crippen molar-refractivity contribution in [1.82, 2.24) is 14.7 Å². The van der Waals surface area contributed by atoms with Gasteiger partial charge < -0.3 is 9.80 Å². The van der Waals surface area contributed by atoms with Crippen LogP contribution in [0.1, 0.15) is 30.7 Å². The Bertz CT molecular complexity index is 801. The Balaban J connectivity index is 1.63. The number of hydrogen-bond donors (Lipinski definition) is 0. The number of carbonyl (C=O) groups excluding carboxylic acids is 1. The first-order chi connectivity index (χ1) is 12.5. The summed E-state index contributed by atoms with van der Waals surface area (Å²) in [6, 6.07) is 12.0. The summed E-state index contributed by atoms with van der Waals surface area (Å²) in [6.45, 7) is 1.47. The molecule has 0 radical (unpaired) electrons. The van der Waals surface area contributed by atoms with Gasteiger partial charge in [-0.15, -0.1) is 0 Å². The smallest absolute Gasteiger partial charge is 0.269 e. The van der Waals surface area contributed by atoms with E-state index in [9.17, 15) is 9.59 Å². The molecule has 1 amide bonds. The Hall–Kier alpha value is -2.63. The van der Waals surface area contributed by atoms with Crippen LogP contribution in [0.2, 0.25) is 0 Å². The monoisotopic (exact) mass is 354 g/mol. The number of nitrogens with zero attached hydrogens (tertiary/aromatic N) is 4. The second kappa shape index (κ2) is 8.17. The standard InChI is InChI=1S/C20H26N4O2/c1-22(2)18-13-19(25)24(21-14-18)15-20(26)23-11-6-9-17(10-12-23)16-7-4-3-5-8-16/h3-5,7-8,13-14,17H,6,9-12,15H2,1-2H3/t17-/m0/s1. The predicted molar refractivity (Wildman–Crippen MR) is 102 cm³/mol. The molecule has 1 saturated heterocycles. The lowest BCUT2D eigenvalue weighted by molar-refractivity contribution is -0.132. The van der Waals surface area contributed by atoms with Crippen LogP contribution in [0, 0.1) is 0 Å². The van der Waals surface area contributed by atoms with E-state index in [2.05, 4.69) is 29.4 Å². The fourth-order valence-electron chi connectivity index (χ4n) is 3.42. The van der Waals surface area contributed by atoms with E-state index in [-0.39, 0.29) is 18.0 Å². The number of amides is 1. The molecule has 1 aromatic carbocycles. The van der Waals surface area contributed by atoms with Crippen LogP contribution in [0.25, 0.3) is 0 Å². The van der Waals surface area contributed by atoms with E-state index in [0.717, 1.165) is 38.0 Å². The Kier molecular flexibility index (Phi) is 5.71. The van der Waals surface area contributed by atoms with Gasteiger partial charge >= 0.3 is 0 Å². The van der Waals surface area contributed by atoms with E-state index in [1.54, 1.807) is 6.20 Å². The summed E-state index contributed by atoms with van der Waals surface area (Å²) in [5, 5.41) is 4.14. The van der Waals surface area contributed by atoms with Gasteiger partial charge in [0.1, 0.15) is 6.54 Å². The minimum atomic E-state index is -0.249. The molecule has 1 aliphatic rings. The first-order valence-corrected chi connectivity index (χ1v) is 9.12. The van der Waals surface area contributed by atoms with E-state index in [0.29, 0.717) is 5.92 Å². The van der Waals surface area contributed by atoms with Gasteiger partial charge in [0.25, 0.3) is 5.56 Å². The molecular weight excluding hydrogens is 328 g/mol. The van der Waals surface area contributed by atoms with Gasteiger partial charge in [-0.3, -0.25) is 9.59 Å². The van der Waals surface area contributed by atoms with Crippen molar-refractivity contribution in [2.45, 2.75) is 31.7 Å². The third kappa shape index (κ3) is 4.31. The lowest BCUT2D eigenvalue weighted by Crippen LogP contribution is -2.38. The van der Waals surface area contributed by atoms with Crippen LogP contribution in [0.15, 0.2) is 47.4 Å². The van der Waals surface area contributed by atoms with Crippen molar-refractivity contribution in [3.05, 3.63) is 58.5 Å². The van der Waals surface area contributed by atoms with Gasteiger partial charge in [-0.1, -0.05) is 30.3 Å². The van der Waals surface area contributed by atoms with Crippen LogP contribution < -0.4 is 10.5 Å². The van der Waals surface area contributed by atoms with E-state index < -0.39 is 0 Å². The van der Waals surface area contributed by atoms with Gasteiger partial charge in [0.2, 0.25) is 5.91 Å². The molecule has 0 spiro atoms. The van der Waals surface area contributed by atoms with Crippen LogP contribution in [0.4, 0.5) is 5.69 Å². The Labute approximate surface area is 154 Å². The van der Waals surface area contributed by atoms with Gasteiger partial charge in [-0.2, -0.15) is 5.10 Å². The quantitative estimate of drug-likeness (QED) is 0.844. The van der Waals surface area contributed by atoms with Crippen molar-refractivity contribution < 1.29 is 4.79 Å². The zero-order chi connectivity index (χ0) is 18.5. The van der Waals surface area contributed by atoms with Crippen LogP contribution in [0.5, 0.6) is 0 Å². The van der Waals surface area contributed by atoms with Crippen molar-refractivity contribution in [3.8, 4) is 0 Å². The number of hydrogen-bond acceptors (Lipinski definition) is 4. The molecule has 6 heteroatoms. The minimum absolute atomic E-state index is 0.00253. The van der Waals surface area contributed by atoms with Crippen molar-refractivity contribution in [1.29, 1.82) is 0 Å². The molecule has 0 aliphatic carbocycles. The molecule has 0 N–H and O–H groups in total. The second-order valence-electron chi connectivity index (χ2n) is 7.02. The highest BCUT2D eigenvalue weighted by molar-refractivity contribution is 5.76. The minimum Gasteiger partial charge on any atom is -0.376 e. The summed E-state index contributed by atoms with van der Waals surface area (Å²) in [6.07, 6.45) is 4.64. The van der Waals surface area contributed by atoms with Crippen LogP contribution in [0.3, 0.4) is 0 Å². The molecule has 1 atom stereocenters. The van der Waals surface area contributed by atoms with Gasteiger partial charge in [0.05, 0.1) is 11.9 Å². The Morgan fingerprint density at radius 2 is 1.96 bits per heavy atom. The van der Waals surface area contributed by atoms with Gasteiger partial charge in [-0.05, 0) is 30.7 Å². The van der Waals surface area contributed by atoms with E-state index in [1.807, 2.05) is 30.0 Å². The second-order valence-corrected chi connectivity index (χ2v) is 7.02. The highest BCUT2D eigenvalue weighted by Gasteiger charge is 2.22. The fraction of sp³-hybridized carbons (Fsp3) is 0.450. The van der Waals surface area contributed by atoms with Crippen molar-refractivity contribution in [2.24, 2.45) is 0 Å². The largest absolute Gasteiger partial charge is 0.376 e. The molecule has 1 fully saturated rings. The van der Waals surface area contributed by atoms with Gasteiger partial charge in [-0.25, -0.2) is 4.68 Å². The topological polar surface area (TPSA) is 58.4 Å². The number of rotatable bonds is 4. The Morgan fingerprint density at radius 1 is 1.19 bits per heavy atom. The summed E-state index contributed by atoms with van der Waals surface area (Å²) in [5.74, 6) is 0.458. The highest BCUT2D eigenvalue weighted by Crippen LogP contribution is 2.27. The maximum absolute atomic E-state index is 12.7. The van der Waals surface area contributed by atoms with E-state index in [1.165, 1.54) is 16.3 Å². The summed E-state index contributed by atoms with van der Waals surface area (Å²) in [7, 11) is 3.71. The number of aromatic nitrogens is 2. The average Bonchev–Trinajstić information content (AvgIpc) is 2.90. The summed E-state index contributed by atoms with van der Waals surface area (Å²) in [4.78, 5) is 28.5. The third-order valence-corrected chi connectivity index (χ3v) is 5.01. The van der Waals surface area contributed by atoms with E-state index in [4.69, 9.17) is 0 Å². The molecule has 0 unspecified atom stereocenters. The molecular formula is C20H26N4O2. The number of benzene rings is 1. The molecule has 1 aromatic heterocycles. The first kappa shape index (κ1) is 18.2. The molecule has 2 aromatic rings.